The van der Waals surface area contributed by atoms with Crippen LogP contribution < -0.4 is 0 Å². The predicted molar refractivity (Wildman–Crippen MR) is 90.8 cm³/mol. The van der Waals surface area contributed by atoms with E-state index in [1.807, 2.05) is 6.07 Å². The van der Waals surface area contributed by atoms with Crippen molar-refractivity contribution < 1.29 is 15.3 Å². The molecule has 4 aromatic carbocycles. The van der Waals surface area contributed by atoms with Crippen molar-refractivity contribution in [3.8, 4) is 0 Å². The Hall–Kier alpha value is -2.20. The molecule has 0 saturated carbocycles. The van der Waals surface area contributed by atoms with Crippen molar-refractivity contribution in [3.05, 3.63) is 59.7 Å². The molecule has 4 aromatic rings. The summed E-state index contributed by atoms with van der Waals surface area (Å²) in [5.41, 5.74) is 1.68. The second kappa shape index (κ2) is 4.42. The summed E-state index contributed by atoms with van der Waals surface area (Å²) in [6.45, 7) is 0. The summed E-state index contributed by atoms with van der Waals surface area (Å²) < 4.78 is 0. The third kappa shape index (κ3) is 1.64. The molecule has 1 aliphatic rings. The number of hydrogen-bond acceptors (Lipinski definition) is 3. The Balaban J connectivity index is 1.99. The van der Waals surface area contributed by atoms with Crippen LogP contribution in [-0.4, -0.2) is 27.5 Å². The van der Waals surface area contributed by atoms with Crippen LogP contribution in [0.3, 0.4) is 0 Å². The summed E-state index contributed by atoms with van der Waals surface area (Å²) in [5, 5.41) is 37.4. The standard InChI is InChI=1S/C20H16O3/c21-16-9-14-13-7-6-11-3-1-2-10-4-5-12(18(13)17(10)11)8-15(14)19(22)20(16)23/h1-8,16,19-23H,9H2/t16-,19+,20+/m1/s1. The highest BCUT2D eigenvalue weighted by Crippen LogP contribution is 2.41. The Labute approximate surface area is 132 Å². The summed E-state index contributed by atoms with van der Waals surface area (Å²) in [7, 11) is 0. The number of fused-ring (bicyclic) bond motifs is 2. The van der Waals surface area contributed by atoms with Crippen LogP contribution in [0.25, 0.3) is 32.3 Å². The zero-order valence-corrected chi connectivity index (χ0v) is 12.4. The van der Waals surface area contributed by atoms with Gasteiger partial charge in [0.25, 0.3) is 0 Å². The number of aliphatic hydroxyl groups excluding tert-OH is 3. The summed E-state index contributed by atoms with van der Waals surface area (Å²) in [6.07, 6.45) is -2.75. The summed E-state index contributed by atoms with van der Waals surface area (Å²) in [4.78, 5) is 0. The lowest BCUT2D eigenvalue weighted by Crippen LogP contribution is -2.38. The minimum Gasteiger partial charge on any atom is -0.390 e. The van der Waals surface area contributed by atoms with E-state index in [4.69, 9.17) is 0 Å². The van der Waals surface area contributed by atoms with Crippen molar-refractivity contribution in [2.45, 2.75) is 24.7 Å². The Morgan fingerprint density at radius 1 is 0.783 bits per heavy atom. The Morgan fingerprint density at radius 2 is 1.48 bits per heavy atom. The molecule has 0 bridgehead atoms. The minimum atomic E-state index is -1.13. The van der Waals surface area contributed by atoms with E-state index in [1.54, 1.807) is 0 Å². The zero-order valence-electron chi connectivity index (χ0n) is 12.4. The Kier molecular flexibility index (Phi) is 2.55. The van der Waals surface area contributed by atoms with Gasteiger partial charge in [-0.1, -0.05) is 42.5 Å². The first kappa shape index (κ1) is 13.3. The van der Waals surface area contributed by atoms with Gasteiger partial charge in [0, 0.05) is 6.42 Å². The highest BCUT2D eigenvalue weighted by molar-refractivity contribution is 6.23. The maximum atomic E-state index is 10.4. The van der Waals surface area contributed by atoms with Crippen LogP contribution in [0.4, 0.5) is 0 Å². The smallest absolute Gasteiger partial charge is 0.110 e. The van der Waals surface area contributed by atoms with Gasteiger partial charge < -0.3 is 15.3 Å². The van der Waals surface area contributed by atoms with Crippen molar-refractivity contribution in [2.24, 2.45) is 0 Å². The summed E-state index contributed by atoms with van der Waals surface area (Å²) in [5.74, 6) is 0. The first-order valence-corrected chi connectivity index (χ1v) is 7.88. The topological polar surface area (TPSA) is 60.7 Å². The van der Waals surface area contributed by atoms with E-state index in [1.165, 1.54) is 21.5 Å². The van der Waals surface area contributed by atoms with Gasteiger partial charge >= 0.3 is 0 Å². The summed E-state index contributed by atoms with van der Waals surface area (Å²) >= 11 is 0. The second-order valence-electron chi connectivity index (χ2n) is 6.51. The van der Waals surface area contributed by atoms with Crippen LogP contribution >= 0.6 is 0 Å². The Bertz CT molecular complexity index is 1040. The fraction of sp³-hybridized carbons (Fsp3) is 0.200. The maximum absolute atomic E-state index is 10.4. The van der Waals surface area contributed by atoms with E-state index in [-0.39, 0.29) is 0 Å². The van der Waals surface area contributed by atoms with Gasteiger partial charge in [0.1, 0.15) is 12.2 Å². The quantitative estimate of drug-likeness (QED) is 0.438. The van der Waals surface area contributed by atoms with Gasteiger partial charge in [-0.2, -0.15) is 0 Å². The largest absolute Gasteiger partial charge is 0.390 e. The zero-order chi connectivity index (χ0) is 15.7. The molecule has 0 radical (unpaired) electrons. The molecule has 0 saturated heterocycles. The van der Waals surface area contributed by atoms with Crippen LogP contribution in [0.15, 0.2) is 48.5 Å². The van der Waals surface area contributed by atoms with Crippen LogP contribution in [-0.2, 0) is 6.42 Å². The van der Waals surface area contributed by atoms with Gasteiger partial charge in [-0.15, -0.1) is 0 Å². The van der Waals surface area contributed by atoms with E-state index in [0.29, 0.717) is 6.42 Å². The lowest BCUT2D eigenvalue weighted by atomic mass is 9.80. The molecule has 3 N–H and O–H groups in total. The molecule has 0 aliphatic heterocycles. The molecule has 0 unspecified atom stereocenters. The first-order valence-electron chi connectivity index (χ1n) is 7.88. The molecule has 5 rings (SSSR count). The number of hydrogen-bond donors (Lipinski definition) is 3. The molecule has 0 fully saturated rings. The molecule has 0 amide bonds. The number of rotatable bonds is 0. The van der Waals surface area contributed by atoms with Gasteiger partial charge in [-0.3, -0.25) is 0 Å². The molecule has 0 spiro atoms. The Morgan fingerprint density at radius 3 is 2.26 bits per heavy atom. The second-order valence-corrected chi connectivity index (χ2v) is 6.51. The fourth-order valence-electron chi connectivity index (χ4n) is 4.11. The van der Waals surface area contributed by atoms with E-state index in [2.05, 4.69) is 42.5 Å². The van der Waals surface area contributed by atoms with E-state index < -0.39 is 18.3 Å². The van der Waals surface area contributed by atoms with E-state index in [0.717, 1.165) is 21.9 Å². The molecule has 114 valence electrons. The lowest BCUT2D eigenvalue weighted by Gasteiger charge is -2.32. The average molecular weight is 304 g/mol. The van der Waals surface area contributed by atoms with Gasteiger partial charge in [0.2, 0.25) is 0 Å². The fourth-order valence-corrected chi connectivity index (χ4v) is 4.11. The van der Waals surface area contributed by atoms with E-state index >= 15 is 0 Å². The van der Waals surface area contributed by atoms with Crippen LogP contribution in [0.5, 0.6) is 0 Å². The average Bonchev–Trinajstić information content (AvgIpc) is 2.58. The number of aliphatic hydroxyl groups is 3. The van der Waals surface area contributed by atoms with Crippen molar-refractivity contribution in [1.82, 2.24) is 0 Å². The summed E-state index contributed by atoms with van der Waals surface area (Å²) in [6, 6.07) is 16.5. The highest BCUT2D eigenvalue weighted by atomic mass is 16.4. The lowest BCUT2D eigenvalue weighted by molar-refractivity contribution is -0.0682. The molecule has 23 heavy (non-hydrogen) atoms. The van der Waals surface area contributed by atoms with Crippen LogP contribution in [0.2, 0.25) is 0 Å². The molecule has 3 atom stereocenters. The first-order chi connectivity index (χ1) is 11.1. The highest BCUT2D eigenvalue weighted by Gasteiger charge is 2.34. The van der Waals surface area contributed by atoms with Crippen molar-refractivity contribution >= 4 is 32.3 Å². The molecule has 1 aliphatic carbocycles. The molecule has 0 heterocycles. The monoisotopic (exact) mass is 304 g/mol. The molecule has 3 nitrogen and oxygen atoms in total. The third-order valence-corrected chi connectivity index (χ3v) is 5.24. The molecule has 0 aromatic heterocycles. The maximum Gasteiger partial charge on any atom is 0.110 e. The van der Waals surface area contributed by atoms with Crippen molar-refractivity contribution in [2.75, 3.05) is 0 Å². The predicted octanol–water partition coefficient (Wildman–Crippen LogP) is 2.90. The number of benzene rings is 4. The molecule has 3 heteroatoms. The van der Waals surface area contributed by atoms with Gasteiger partial charge in [-0.25, -0.2) is 0 Å². The van der Waals surface area contributed by atoms with Crippen molar-refractivity contribution in [3.63, 3.8) is 0 Å². The van der Waals surface area contributed by atoms with E-state index in [9.17, 15) is 15.3 Å². The van der Waals surface area contributed by atoms with Crippen molar-refractivity contribution in [1.29, 1.82) is 0 Å². The van der Waals surface area contributed by atoms with Gasteiger partial charge in [0.05, 0.1) is 6.10 Å². The SMILES string of the molecule is O[C@H]1[C@H](O)Cc2c(cc3ccc4cccc5ccc2c3c45)[C@@H]1O. The van der Waals surface area contributed by atoms with Crippen LogP contribution in [0, 0.1) is 0 Å². The molecular formula is C20H16O3. The molecular weight excluding hydrogens is 288 g/mol. The van der Waals surface area contributed by atoms with Crippen LogP contribution in [0.1, 0.15) is 17.2 Å². The third-order valence-electron chi connectivity index (χ3n) is 5.24. The minimum absolute atomic E-state index is 0.363. The van der Waals surface area contributed by atoms with Gasteiger partial charge in [0.15, 0.2) is 0 Å². The normalized spacial score (nSPS) is 24.6. The van der Waals surface area contributed by atoms with Gasteiger partial charge in [-0.05, 0) is 49.5 Å².